The topological polar surface area (TPSA) is 22.0 Å². The first-order valence-corrected chi connectivity index (χ1v) is 7.53. The van der Waals surface area contributed by atoms with E-state index in [4.69, 9.17) is 0 Å². The molecule has 1 aliphatic rings. The molecule has 2 heterocycles. The van der Waals surface area contributed by atoms with E-state index in [-0.39, 0.29) is 5.41 Å². The molecule has 0 unspecified atom stereocenters. The fourth-order valence-electron chi connectivity index (χ4n) is 2.89. The number of Topliss-reactive ketones (excluding diaryl/α,β-unsaturated/α-hetero) is 1. The first kappa shape index (κ1) is 12.7. The van der Waals surface area contributed by atoms with Crippen LogP contribution in [0.4, 0.5) is 0 Å². The highest BCUT2D eigenvalue weighted by atomic mass is 32.1. The number of carbonyl (C=O) groups excluding carboxylic acids is 1. The SMILES string of the molecule is Cc1ccc(Cn2ccc3c2CC(C)(C)CC3=O)s1. The Morgan fingerprint density at radius 1 is 1.26 bits per heavy atom. The second kappa shape index (κ2) is 4.34. The Morgan fingerprint density at radius 2 is 2.05 bits per heavy atom. The van der Waals surface area contributed by atoms with E-state index in [0.717, 1.165) is 18.5 Å². The molecular weight excluding hydrogens is 254 g/mol. The van der Waals surface area contributed by atoms with Gasteiger partial charge in [-0.1, -0.05) is 13.8 Å². The van der Waals surface area contributed by atoms with E-state index < -0.39 is 0 Å². The van der Waals surface area contributed by atoms with Crippen LogP contribution in [-0.4, -0.2) is 10.4 Å². The number of aromatic nitrogens is 1. The van der Waals surface area contributed by atoms with E-state index in [1.165, 1.54) is 15.4 Å². The normalized spacial score (nSPS) is 17.5. The van der Waals surface area contributed by atoms with Crippen molar-refractivity contribution in [2.75, 3.05) is 0 Å². The summed E-state index contributed by atoms with van der Waals surface area (Å²) in [4.78, 5) is 14.9. The van der Waals surface area contributed by atoms with Crippen LogP contribution in [0.2, 0.25) is 0 Å². The van der Waals surface area contributed by atoms with Crippen molar-refractivity contribution in [3.05, 3.63) is 45.4 Å². The molecule has 1 aliphatic carbocycles. The van der Waals surface area contributed by atoms with Crippen LogP contribution in [0, 0.1) is 12.3 Å². The summed E-state index contributed by atoms with van der Waals surface area (Å²) in [5, 5.41) is 0. The number of rotatable bonds is 2. The fourth-order valence-corrected chi connectivity index (χ4v) is 3.78. The van der Waals surface area contributed by atoms with Gasteiger partial charge in [0.1, 0.15) is 0 Å². The molecule has 0 atom stereocenters. The molecule has 19 heavy (non-hydrogen) atoms. The Hall–Kier alpha value is -1.35. The zero-order chi connectivity index (χ0) is 13.6. The molecule has 0 aromatic carbocycles. The minimum absolute atomic E-state index is 0.0888. The Kier molecular flexibility index (Phi) is 2.90. The molecule has 2 aromatic rings. The Morgan fingerprint density at radius 3 is 2.74 bits per heavy atom. The van der Waals surface area contributed by atoms with Crippen molar-refractivity contribution in [1.82, 2.24) is 4.57 Å². The maximum Gasteiger partial charge on any atom is 0.165 e. The zero-order valence-electron chi connectivity index (χ0n) is 11.7. The molecule has 0 spiro atoms. The Labute approximate surface area is 118 Å². The highest BCUT2D eigenvalue weighted by molar-refractivity contribution is 7.11. The molecule has 0 aliphatic heterocycles. The van der Waals surface area contributed by atoms with Gasteiger partial charge in [0.15, 0.2) is 5.78 Å². The summed E-state index contributed by atoms with van der Waals surface area (Å²) in [5.41, 5.74) is 2.24. The fraction of sp³-hybridized carbons (Fsp3) is 0.438. The second-order valence-corrected chi connectivity index (χ2v) is 7.63. The van der Waals surface area contributed by atoms with Crippen molar-refractivity contribution in [3.8, 4) is 0 Å². The molecule has 0 saturated heterocycles. The number of thiophene rings is 1. The van der Waals surface area contributed by atoms with Crippen LogP contribution in [0.5, 0.6) is 0 Å². The molecular formula is C16H19NOS. The number of carbonyl (C=O) groups is 1. The van der Waals surface area contributed by atoms with Gasteiger partial charge >= 0.3 is 0 Å². The number of hydrogen-bond acceptors (Lipinski definition) is 2. The second-order valence-electron chi connectivity index (χ2n) is 6.26. The number of ketones is 1. The summed E-state index contributed by atoms with van der Waals surface area (Å²) in [5.74, 6) is 0.298. The predicted octanol–water partition coefficient (Wildman–Crippen LogP) is 4.06. The van der Waals surface area contributed by atoms with Gasteiger partial charge in [-0.25, -0.2) is 0 Å². The van der Waals surface area contributed by atoms with Gasteiger partial charge in [-0.15, -0.1) is 11.3 Å². The third kappa shape index (κ3) is 2.39. The van der Waals surface area contributed by atoms with Gasteiger partial charge in [0.05, 0.1) is 6.54 Å². The lowest BCUT2D eigenvalue weighted by atomic mass is 9.76. The van der Waals surface area contributed by atoms with Crippen molar-refractivity contribution in [2.24, 2.45) is 5.41 Å². The van der Waals surface area contributed by atoms with E-state index in [9.17, 15) is 4.79 Å². The van der Waals surface area contributed by atoms with Crippen LogP contribution in [0.15, 0.2) is 24.4 Å². The molecule has 0 radical (unpaired) electrons. The zero-order valence-corrected chi connectivity index (χ0v) is 12.5. The Balaban J connectivity index is 1.95. The summed E-state index contributed by atoms with van der Waals surface area (Å²) in [6.07, 6.45) is 3.73. The summed E-state index contributed by atoms with van der Waals surface area (Å²) in [6, 6.07) is 6.33. The van der Waals surface area contributed by atoms with Gasteiger partial charge < -0.3 is 4.57 Å². The third-order valence-electron chi connectivity index (χ3n) is 3.79. The summed E-state index contributed by atoms with van der Waals surface area (Å²) < 4.78 is 2.25. The maximum absolute atomic E-state index is 12.2. The van der Waals surface area contributed by atoms with Crippen molar-refractivity contribution >= 4 is 17.1 Å². The third-order valence-corrected chi connectivity index (χ3v) is 4.77. The van der Waals surface area contributed by atoms with Crippen LogP contribution < -0.4 is 0 Å². The van der Waals surface area contributed by atoms with Crippen molar-refractivity contribution < 1.29 is 4.79 Å². The lowest BCUT2D eigenvalue weighted by molar-refractivity contribution is 0.0910. The van der Waals surface area contributed by atoms with E-state index in [0.29, 0.717) is 12.2 Å². The molecule has 0 bridgehead atoms. The molecule has 100 valence electrons. The lowest BCUT2D eigenvalue weighted by Crippen LogP contribution is -2.28. The average molecular weight is 273 g/mol. The number of fused-ring (bicyclic) bond motifs is 1. The van der Waals surface area contributed by atoms with Gasteiger partial charge in [-0.05, 0) is 37.0 Å². The molecule has 0 N–H and O–H groups in total. The van der Waals surface area contributed by atoms with E-state index in [2.05, 4.69) is 43.7 Å². The quantitative estimate of drug-likeness (QED) is 0.808. The minimum Gasteiger partial charge on any atom is -0.345 e. The van der Waals surface area contributed by atoms with Gasteiger partial charge in [0.25, 0.3) is 0 Å². The van der Waals surface area contributed by atoms with Crippen LogP contribution >= 0.6 is 11.3 Å². The molecule has 3 heteroatoms. The molecule has 0 saturated carbocycles. The van der Waals surface area contributed by atoms with Crippen LogP contribution in [-0.2, 0) is 13.0 Å². The van der Waals surface area contributed by atoms with E-state index >= 15 is 0 Å². The smallest absolute Gasteiger partial charge is 0.165 e. The molecule has 0 fully saturated rings. The molecule has 0 amide bonds. The van der Waals surface area contributed by atoms with Crippen LogP contribution in [0.1, 0.15) is 46.1 Å². The molecule has 2 nitrogen and oxygen atoms in total. The Bertz CT molecular complexity index is 633. The standard InChI is InChI=1S/C16H19NOS/c1-11-4-5-12(19-11)10-17-7-6-13-14(17)8-16(2,3)9-15(13)18/h4-7H,8-10H2,1-3H3. The number of nitrogens with zero attached hydrogens (tertiary/aromatic N) is 1. The molecule has 3 rings (SSSR count). The highest BCUT2D eigenvalue weighted by Gasteiger charge is 2.32. The van der Waals surface area contributed by atoms with Gasteiger partial charge in [0.2, 0.25) is 0 Å². The number of aryl methyl sites for hydroxylation is 1. The molecule has 2 aromatic heterocycles. The first-order valence-electron chi connectivity index (χ1n) is 6.71. The first-order chi connectivity index (χ1) is 8.94. The minimum atomic E-state index is 0.0888. The average Bonchev–Trinajstić information content (AvgIpc) is 2.86. The largest absolute Gasteiger partial charge is 0.345 e. The monoisotopic (exact) mass is 273 g/mol. The lowest BCUT2D eigenvalue weighted by Gasteiger charge is -2.29. The maximum atomic E-state index is 12.2. The highest BCUT2D eigenvalue weighted by Crippen LogP contribution is 2.35. The van der Waals surface area contributed by atoms with E-state index in [1.807, 2.05) is 17.4 Å². The summed E-state index contributed by atoms with van der Waals surface area (Å²) in [6.45, 7) is 7.38. The van der Waals surface area contributed by atoms with Gasteiger partial charge in [-0.2, -0.15) is 0 Å². The van der Waals surface area contributed by atoms with Crippen molar-refractivity contribution in [3.63, 3.8) is 0 Å². The van der Waals surface area contributed by atoms with Crippen molar-refractivity contribution in [2.45, 2.75) is 40.2 Å². The predicted molar refractivity (Wildman–Crippen MR) is 79.0 cm³/mol. The summed E-state index contributed by atoms with van der Waals surface area (Å²) in [7, 11) is 0. The number of hydrogen-bond donors (Lipinski definition) is 0. The van der Waals surface area contributed by atoms with Crippen LogP contribution in [0.25, 0.3) is 0 Å². The van der Waals surface area contributed by atoms with Crippen molar-refractivity contribution in [1.29, 1.82) is 0 Å². The summed E-state index contributed by atoms with van der Waals surface area (Å²) >= 11 is 1.83. The van der Waals surface area contributed by atoms with Crippen LogP contribution in [0.3, 0.4) is 0 Å². The van der Waals surface area contributed by atoms with Gasteiger partial charge in [-0.3, -0.25) is 4.79 Å². The van der Waals surface area contributed by atoms with Gasteiger partial charge in [0, 0.05) is 33.6 Å². The van der Waals surface area contributed by atoms with E-state index in [1.54, 1.807) is 0 Å².